The Morgan fingerprint density at radius 3 is 2.28 bits per heavy atom. The molecule has 1 aliphatic rings. The van der Waals surface area contributed by atoms with Gasteiger partial charge in [0.1, 0.15) is 0 Å². The van der Waals surface area contributed by atoms with Gasteiger partial charge in [-0.1, -0.05) is 37.5 Å². The molecule has 0 aromatic heterocycles. The van der Waals surface area contributed by atoms with E-state index in [0.29, 0.717) is 11.4 Å². The van der Waals surface area contributed by atoms with Gasteiger partial charge in [0, 0.05) is 12.1 Å². The van der Waals surface area contributed by atoms with E-state index < -0.39 is 15.6 Å². The Balaban J connectivity index is 2.21. The third-order valence-corrected chi connectivity index (χ3v) is 5.20. The van der Waals surface area contributed by atoms with Gasteiger partial charge in [-0.05, 0) is 25.0 Å². The quantitative estimate of drug-likeness (QED) is 0.871. The summed E-state index contributed by atoms with van der Waals surface area (Å²) >= 11 is 0. The molecule has 3 N–H and O–H groups in total. The summed E-state index contributed by atoms with van der Waals surface area (Å²) in [5.74, 6) is 0. The molecule has 1 aliphatic carbocycles. The summed E-state index contributed by atoms with van der Waals surface area (Å²) in [5.41, 5.74) is 5.35. The van der Waals surface area contributed by atoms with Gasteiger partial charge in [0.05, 0.1) is 4.90 Å². The van der Waals surface area contributed by atoms with Crippen LogP contribution < -0.4 is 10.5 Å². The smallest absolute Gasteiger partial charge is 0.241 e. The minimum Gasteiger partial charge on any atom is -0.329 e. The number of benzene rings is 1. The summed E-state index contributed by atoms with van der Waals surface area (Å²) in [7, 11) is -3.46. The molecule has 0 amide bonds. The SMILES string of the molecule is NCC1(NS(=O)(=O)c2ccccc2)CCCCC1. The highest BCUT2D eigenvalue weighted by Crippen LogP contribution is 2.29. The fourth-order valence-corrected chi connectivity index (χ4v) is 4.01. The van der Waals surface area contributed by atoms with Gasteiger partial charge in [0.2, 0.25) is 10.0 Å². The minimum absolute atomic E-state index is 0.309. The molecule has 5 heteroatoms. The molecule has 0 aliphatic heterocycles. The molecule has 1 saturated carbocycles. The Morgan fingerprint density at radius 1 is 1.11 bits per heavy atom. The second kappa shape index (κ2) is 5.38. The van der Waals surface area contributed by atoms with E-state index in [1.807, 2.05) is 0 Å². The highest BCUT2D eigenvalue weighted by molar-refractivity contribution is 7.89. The van der Waals surface area contributed by atoms with Gasteiger partial charge >= 0.3 is 0 Å². The van der Waals surface area contributed by atoms with E-state index in [1.165, 1.54) is 0 Å². The first-order valence-electron chi connectivity index (χ1n) is 6.37. The van der Waals surface area contributed by atoms with E-state index >= 15 is 0 Å². The molecule has 1 aromatic rings. The van der Waals surface area contributed by atoms with Crippen LogP contribution in [0.5, 0.6) is 0 Å². The van der Waals surface area contributed by atoms with Crippen LogP contribution in [0.15, 0.2) is 35.2 Å². The van der Waals surface area contributed by atoms with E-state index in [-0.39, 0.29) is 0 Å². The van der Waals surface area contributed by atoms with Crippen molar-refractivity contribution in [3.63, 3.8) is 0 Å². The molecule has 1 aromatic carbocycles. The standard InChI is InChI=1S/C13H20N2O2S/c14-11-13(9-5-2-6-10-13)15-18(16,17)12-7-3-1-4-8-12/h1,3-4,7-8,15H,2,5-6,9-11,14H2. The lowest BCUT2D eigenvalue weighted by Crippen LogP contribution is -2.54. The number of sulfonamides is 1. The predicted molar refractivity (Wildman–Crippen MR) is 71.6 cm³/mol. The van der Waals surface area contributed by atoms with Crippen molar-refractivity contribution in [2.45, 2.75) is 42.5 Å². The Labute approximate surface area is 109 Å². The largest absolute Gasteiger partial charge is 0.329 e. The monoisotopic (exact) mass is 268 g/mol. The molecule has 0 atom stereocenters. The van der Waals surface area contributed by atoms with Gasteiger partial charge in [-0.2, -0.15) is 0 Å². The van der Waals surface area contributed by atoms with Crippen LogP contribution in [0.25, 0.3) is 0 Å². The molecular formula is C13H20N2O2S. The molecule has 18 heavy (non-hydrogen) atoms. The third-order valence-electron chi connectivity index (χ3n) is 3.61. The summed E-state index contributed by atoms with van der Waals surface area (Å²) < 4.78 is 27.4. The average Bonchev–Trinajstić information content (AvgIpc) is 2.40. The number of nitrogens with one attached hydrogen (secondary N) is 1. The molecule has 1 fully saturated rings. The van der Waals surface area contributed by atoms with Crippen molar-refractivity contribution in [1.29, 1.82) is 0 Å². The Morgan fingerprint density at radius 2 is 1.72 bits per heavy atom. The van der Waals surface area contributed by atoms with Gasteiger partial charge in [-0.3, -0.25) is 0 Å². The minimum atomic E-state index is -3.46. The van der Waals surface area contributed by atoms with E-state index in [2.05, 4.69) is 4.72 Å². The summed E-state index contributed by atoms with van der Waals surface area (Å²) in [6.07, 6.45) is 4.89. The molecule has 0 bridgehead atoms. The zero-order chi connectivity index (χ0) is 13.1. The van der Waals surface area contributed by atoms with Gasteiger partial charge in [0.25, 0.3) is 0 Å². The van der Waals surface area contributed by atoms with Crippen LogP contribution in [0, 0.1) is 0 Å². The fraction of sp³-hybridized carbons (Fsp3) is 0.538. The van der Waals surface area contributed by atoms with E-state index in [1.54, 1.807) is 30.3 Å². The normalized spacial score (nSPS) is 19.6. The second-order valence-corrected chi connectivity index (χ2v) is 6.65. The van der Waals surface area contributed by atoms with E-state index in [9.17, 15) is 8.42 Å². The molecule has 0 radical (unpaired) electrons. The highest BCUT2D eigenvalue weighted by atomic mass is 32.2. The van der Waals surface area contributed by atoms with Crippen molar-refractivity contribution in [2.24, 2.45) is 5.73 Å². The lowest BCUT2D eigenvalue weighted by atomic mass is 9.83. The predicted octanol–water partition coefficient (Wildman–Crippen LogP) is 1.63. The van der Waals surface area contributed by atoms with Crippen LogP contribution in [0.1, 0.15) is 32.1 Å². The Bertz CT molecular complexity index is 479. The zero-order valence-corrected chi connectivity index (χ0v) is 11.2. The molecular weight excluding hydrogens is 248 g/mol. The van der Waals surface area contributed by atoms with E-state index in [4.69, 9.17) is 5.73 Å². The number of rotatable bonds is 4. The molecule has 0 spiro atoms. The second-order valence-electron chi connectivity index (χ2n) is 4.96. The fourth-order valence-electron chi connectivity index (χ4n) is 2.52. The third kappa shape index (κ3) is 2.91. The molecule has 100 valence electrons. The average molecular weight is 268 g/mol. The maximum atomic E-state index is 12.3. The summed E-state index contributed by atoms with van der Waals surface area (Å²) in [5, 5.41) is 0. The maximum absolute atomic E-state index is 12.3. The maximum Gasteiger partial charge on any atom is 0.241 e. The molecule has 0 saturated heterocycles. The van der Waals surface area contributed by atoms with Crippen molar-refractivity contribution < 1.29 is 8.42 Å². The number of nitrogens with two attached hydrogens (primary N) is 1. The summed E-state index contributed by atoms with van der Waals surface area (Å²) in [6.45, 7) is 0.360. The topological polar surface area (TPSA) is 72.2 Å². The Kier molecular flexibility index (Phi) is 4.04. The first kappa shape index (κ1) is 13.5. The van der Waals surface area contributed by atoms with Gasteiger partial charge in [-0.15, -0.1) is 0 Å². The van der Waals surface area contributed by atoms with Crippen molar-refractivity contribution >= 4 is 10.0 Å². The van der Waals surface area contributed by atoms with Crippen LogP contribution in [-0.2, 0) is 10.0 Å². The lowest BCUT2D eigenvalue weighted by Gasteiger charge is -2.36. The van der Waals surface area contributed by atoms with Crippen molar-refractivity contribution in [3.8, 4) is 0 Å². The Hall–Kier alpha value is -0.910. The van der Waals surface area contributed by atoms with Crippen molar-refractivity contribution in [1.82, 2.24) is 4.72 Å². The number of hydrogen-bond donors (Lipinski definition) is 2. The molecule has 2 rings (SSSR count). The van der Waals surface area contributed by atoms with Crippen LogP contribution in [0.4, 0.5) is 0 Å². The van der Waals surface area contributed by atoms with Crippen molar-refractivity contribution in [2.75, 3.05) is 6.54 Å². The van der Waals surface area contributed by atoms with Gasteiger partial charge in [-0.25, -0.2) is 13.1 Å². The first-order chi connectivity index (χ1) is 8.58. The lowest BCUT2D eigenvalue weighted by molar-refractivity contribution is 0.276. The van der Waals surface area contributed by atoms with Crippen molar-refractivity contribution in [3.05, 3.63) is 30.3 Å². The first-order valence-corrected chi connectivity index (χ1v) is 7.85. The summed E-state index contributed by atoms with van der Waals surface area (Å²) in [4.78, 5) is 0.309. The number of hydrogen-bond acceptors (Lipinski definition) is 3. The van der Waals surface area contributed by atoms with Crippen LogP contribution in [0.2, 0.25) is 0 Å². The zero-order valence-electron chi connectivity index (χ0n) is 10.4. The van der Waals surface area contributed by atoms with Crippen LogP contribution in [-0.4, -0.2) is 20.5 Å². The highest BCUT2D eigenvalue weighted by Gasteiger charge is 2.35. The van der Waals surface area contributed by atoms with E-state index in [0.717, 1.165) is 32.1 Å². The molecule has 0 unspecified atom stereocenters. The summed E-state index contributed by atoms with van der Waals surface area (Å²) in [6, 6.07) is 8.47. The van der Waals surface area contributed by atoms with Crippen LogP contribution >= 0.6 is 0 Å². The molecule has 4 nitrogen and oxygen atoms in total. The van der Waals surface area contributed by atoms with Gasteiger partial charge < -0.3 is 5.73 Å². The van der Waals surface area contributed by atoms with Crippen LogP contribution in [0.3, 0.4) is 0 Å². The molecule has 0 heterocycles. The van der Waals surface area contributed by atoms with Gasteiger partial charge in [0.15, 0.2) is 0 Å².